The summed E-state index contributed by atoms with van der Waals surface area (Å²) >= 11 is 0. The topological polar surface area (TPSA) is 246 Å². The first-order valence-electron chi connectivity index (χ1n) is 21.4. The summed E-state index contributed by atoms with van der Waals surface area (Å²) in [6.45, 7) is 11.4. The molecule has 1 unspecified atom stereocenters. The van der Waals surface area contributed by atoms with Crippen molar-refractivity contribution >= 4 is 52.9 Å². The number of aromatic hydroxyl groups is 2. The van der Waals surface area contributed by atoms with E-state index in [1.165, 1.54) is 28.8 Å². The Labute approximate surface area is 378 Å². The summed E-state index contributed by atoms with van der Waals surface area (Å²) in [7, 11) is 0. The molecular formula is C47H47N9O10. The van der Waals surface area contributed by atoms with Gasteiger partial charge in [-0.2, -0.15) is 0 Å². The van der Waals surface area contributed by atoms with E-state index >= 15 is 0 Å². The van der Waals surface area contributed by atoms with Gasteiger partial charge in [-0.15, -0.1) is 10.2 Å². The molecule has 4 heterocycles. The van der Waals surface area contributed by atoms with Crippen molar-refractivity contribution in [3.05, 3.63) is 106 Å². The van der Waals surface area contributed by atoms with Gasteiger partial charge in [0.25, 0.3) is 23.6 Å². The number of aromatic nitrogens is 3. The number of piperazine rings is 1. The summed E-state index contributed by atoms with van der Waals surface area (Å²) in [6.07, 6.45) is -0.932. The molecule has 2 saturated heterocycles. The molecule has 0 spiro atoms. The summed E-state index contributed by atoms with van der Waals surface area (Å²) in [6, 6.07) is 16.5. The molecule has 19 heteroatoms. The number of phenols is 2. The molecule has 4 aromatic carbocycles. The molecule has 0 saturated carbocycles. The Kier molecular flexibility index (Phi) is 12.0. The van der Waals surface area contributed by atoms with Crippen molar-refractivity contribution in [3.63, 3.8) is 0 Å². The minimum atomic E-state index is -1.16. The van der Waals surface area contributed by atoms with Gasteiger partial charge in [-0.05, 0) is 104 Å². The van der Waals surface area contributed by atoms with Crippen molar-refractivity contribution < 1.29 is 48.5 Å². The Hall–Kier alpha value is -8.09. The lowest BCUT2D eigenvalue weighted by Crippen LogP contribution is -2.54. The number of hydrogen-bond acceptors (Lipinski definition) is 13. The zero-order chi connectivity index (χ0) is 47.1. The first-order chi connectivity index (χ1) is 31.6. The van der Waals surface area contributed by atoms with Crippen molar-refractivity contribution in [3.8, 4) is 34.3 Å². The number of carbonyl (C=O) groups is 7. The van der Waals surface area contributed by atoms with E-state index in [0.29, 0.717) is 66.4 Å². The van der Waals surface area contributed by atoms with Crippen LogP contribution >= 0.6 is 0 Å². The minimum Gasteiger partial charge on any atom is -0.508 e. The highest BCUT2D eigenvalue weighted by molar-refractivity contribution is 6.26. The maximum Gasteiger partial charge on any atom is 0.417 e. The molecule has 66 heavy (non-hydrogen) atoms. The zero-order valence-electron chi connectivity index (χ0n) is 36.8. The largest absolute Gasteiger partial charge is 0.508 e. The molecule has 2 fully saturated rings. The average Bonchev–Trinajstić information content (AvgIpc) is 3.83. The van der Waals surface area contributed by atoms with Crippen LogP contribution < -0.4 is 25.6 Å². The number of fused-ring (bicyclic) bond motifs is 1. The molecule has 0 aliphatic carbocycles. The summed E-state index contributed by atoms with van der Waals surface area (Å²) in [4.78, 5) is 95.9. The number of nitrogens with one attached hydrogen (secondary N) is 3. The van der Waals surface area contributed by atoms with Gasteiger partial charge in [0.1, 0.15) is 23.3 Å². The van der Waals surface area contributed by atoms with Gasteiger partial charge in [0.2, 0.25) is 17.6 Å². The van der Waals surface area contributed by atoms with Crippen LogP contribution in [0.4, 0.5) is 16.2 Å². The molecule has 3 aliphatic rings. The fourth-order valence-corrected chi connectivity index (χ4v) is 8.55. The quantitative estimate of drug-likeness (QED) is 0.118. The molecule has 0 bridgehead atoms. The number of amides is 7. The van der Waals surface area contributed by atoms with Crippen LogP contribution in [0.2, 0.25) is 0 Å². The number of hydrogen-bond donors (Lipinski definition) is 5. The molecule has 5 N–H and O–H groups in total. The van der Waals surface area contributed by atoms with E-state index in [9.17, 15) is 43.8 Å². The second kappa shape index (κ2) is 17.8. The van der Waals surface area contributed by atoms with Crippen molar-refractivity contribution in [2.45, 2.75) is 59.4 Å². The fraction of sp³-hybridized carbons (Fsp3) is 0.298. The van der Waals surface area contributed by atoms with E-state index in [-0.39, 0.29) is 70.2 Å². The third kappa shape index (κ3) is 8.25. The number of ether oxygens (including phenoxy) is 1. The predicted octanol–water partition coefficient (Wildman–Crippen LogP) is 4.81. The smallest absolute Gasteiger partial charge is 0.417 e. The lowest BCUT2D eigenvalue weighted by Gasteiger charge is -2.36. The van der Waals surface area contributed by atoms with Crippen LogP contribution in [0.15, 0.2) is 66.7 Å². The molecule has 1 aromatic heterocycles. The number of rotatable bonds is 10. The van der Waals surface area contributed by atoms with Crippen molar-refractivity contribution in [2.75, 3.05) is 42.9 Å². The third-order valence-corrected chi connectivity index (χ3v) is 11.9. The van der Waals surface area contributed by atoms with Gasteiger partial charge < -0.3 is 30.1 Å². The maximum absolute atomic E-state index is 13.8. The zero-order valence-corrected chi connectivity index (χ0v) is 36.8. The lowest BCUT2D eigenvalue weighted by molar-refractivity contribution is -0.136. The van der Waals surface area contributed by atoms with Crippen LogP contribution in [0.3, 0.4) is 0 Å². The molecule has 5 aromatic rings. The van der Waals surface area contributed by atoms with Crippen LogP contribution in [-0.4, -0.2) is 115 Å². The number of aryl methyl sites for hydroxylation is 2. The third-order valence-electron chi connectivity index (χ3n) is 11.9. The summed E-state index contributed by atoms with van der Waals surface area (Å²) in [5.41, 5.74) is 3.87. The molecular weight excluding hydrogens is 851 g/mol. The normalized spacial score (nSPS) is 16.1. The van der Waals surface area contributed by atoms with Gasteiger partial charge >= 0.3 is 6.09 Å². The van der Waals surface area contributed by atoms with E-state index in [2.05, 4.69) is 31.0 Å². The number of carbonyl (C=O) groups excluding carboxylic acids is 7. The Morgan fingerprint density at radius 1 is 0.848 bits per heavy atom. The summed E-state index contributed by atoms with van der Waals surface area (Å²) < 4.78 is 7.25. The number of benzene rings is 4. The molecule has 3 aliphatic heterocycles. The van der Waals surface area contributed by atoms with Crippen LogP contribution in [0.1, 0.15) is 97.9 Å². The number of nitrogens with zero attached hydrogens (tertiary/aromatic N) is 6. The van der Waals surface area contributed by atoms with E-state index in [1.807, 2.05) is 26.0 Å². The molecule has 340 valence electrons. The van der Waals surface area contributed by atoms with E-state index < -0.39 is 41.7 Å². The summed E-state index contributed by atoms with van der Waals surface area (Å²) in [5.74, 6) is -3.32. The van der Waals surface area contributed by atoms with Gasteiger partial charge in [0.15, 0.2) is 5.82 Å². The number of piperidine rings is 1. The number of anilines is 2. The van der Waals surface area contributed by atoms with Gasteiger partial charge in [0, 0.05) is 62.1 Å². The van der Waals surface area contributed by atoms with E-state index in [0.717, 1.165) is 10.6 Å². The van der Waals surface area contributed by atoms with Gasteiger partial charge in [0.05, 0.1) is 22.4 Å². The molecule has 8 rings (SSSR count). The van der Waals surface area contributed by atoms with Gasteiger partial charge in [-0.1, -0.05) is 19.9 Å². The van der Waals surface area contributed by atoms with Gasteiger partial charge in [-0.25, -0.2) is 4.79 Å². The van der Waals surface area contributed by atoms with Crippen LogP contribution in [0.25, 0.3) is 17.1 Å². The van der Waals surface area contributed by atoms with Gasteiger partial charge in [-0.3, -0.25) is 48.9 Å². The maximum atomic E-state index is 13.8. The van der Waals surface area contributed by atoms with Crippen LogP contribution in [0, 0.1) is 13.8 Å². The van der Waals surface area contributed by atoms with Crippen LogP contribution in [-0.2, 0) is 9.59 Å². The second-order valence-electron chi connectivity index (χ2n) is 16.5. The summed E-state index contributed by atoms with van der Waals surface area (Å²) in [5, 5.41) is 37.2. The number of phenolic OH excluding ortho intramolecular Hbond substituents is 2. The Balaban J connectivity index is 0.922. The Morgan fingerprint density at radius 2 is 1.55 bits per heavy atom. The second-order valence-corrected chi connectivity index (χ2v) is 16.5. The molecule has 19 nitrogen and oxygen atoms in total. The fourth-order valence-electron chi connectivity index (χ4n) is 8.55. The van der Waals surface area contributed by atoms with Crippen molar-refractivity contribution in [1.82, 2.24) is 35.2 Å². The molecule has 7 amide bonds. The van der Waals surface area contributed by atoms with Crippen molar-refractivity contribution in [2.24, 2.45) is 0 Å². The Morgan fingerprint density at radius 3 is 2.20 bits per heavy atom. The van der Waals surface area contributed by atoms with E-state index in [4.69, 9.17) is 4.74 Å². The highest BCUT2D eigenvalue weighted by Gasteiger charge is 2.46. The molecule has 1 atom stereocenters. The monoisotopic (exact) mass is 897 g/mol. The van der Waals surface area contributed by atoms with E-state index in [1.54, 1.807) is 56.0 Å². The highest BCUT2D eigenvalue weighted by atomic mass is 16.6. The van der Waals surface area contributed by atoms with Crippen LogP contribution in [0.5, 0.6) is 17.2 Å². The number of imide groups is 2. The lowest BCUT2D eigenvalue weighted by atomic mass is 9.98. The average molecular weight is 898 g/mol. The minimum absolute atomic E-state index is 0.00625. The standard InChI is InChI=1S/C47H47N9O10/c1-6-48-43(61)41-52-51-40(32-22-31(24(2)3)35(57)23-36(32)58)55(41)28-12-10-27(11-13-28)44(62)54-18-16-53(17-19-54)29-20-25(4)39(26(5)21-29)66-47(65)49-33-9-7-8-30-38(33)46(64)56(45(30)63)34-14-15-37(59)50-42(34)60/h7-13,20-24,34,57-58H,6,14-19H2,1-5H3,(H,48,61)(H,49,65)(H,50,59,60). The SMILES string of the molecule is CCNC(=O)c1nnc(-c2cc(C(C)C)c(O)cc2O)n1-c1ccc(C(=O)N2CCN(c3cc(C)c(OC(=O)Nc4cccc5c4C(=O)N(C4CCC(=O)NC4=O)C5=O)c(C)c3)CC2)cc1. The highest BCUT2D eigenvalue weighted by Crippen LogP contribution is 2.39. The predicted molar refractivity (Wildman–Crippen MR) is 239 cm³/mol. The first kappa shape index (κ1) is 44.5. The first-order valence-corrected chi connectivity index (χ1v) is 21.4. The Bertz CT molecular complexity index is 2820. The molecule has 0 radical (unpaired) electrons. The van der Waals surface area contributed by atoms with Crippen molar-refractivity contribution in [1.29, 1.82) is 0 Å².